The van der Waals surface area contributed by atoms with Crippen molar-refractivity contribution in [3.8, 4) is 0 Å². The van der Waals surface area contributed by atoms with Crippen molar-refractivity contribution in [1.29, 1.82) is 0 Å². The number of sulfonamides is 1. The summed E-state index contributed by atoms with van der Waals surface area (Å²) in [4.78, 5) is 4.03. The predicted octanol–water partition coefficient (Wildman–Crippen LogP) is 1.42. The van der Waals surface area contributed by atoms with Crippen LogP contribution in [-0.4, -0.2) is 19.9 Å². The number of halogens is 1. The molecule has 0 aliphatic heterocycles. The summed E-state index contributed by atoms with van der Waals surface area (Å²) >= 11 is 3.08. The predicted molar refractivity (Wildman–Crippen MR) is 77.4 cm³/mol. The van der Waals surface area contributed by atoms with Crippen molar-refractivity contribution < 1.29 is 12.8 Å². The number of furan rings is 1. The van der Waals surface area contributed by atoms with E-state index in [9.17, 15) is 8.42 Å². The van der Waals surface area contributed by atoms with Crippen LogP contribution >= 0.6 is 15.9 Å². The zero-order chi connectivity index (χ0) is 14.6. The molecular formula is C12H14BrN3O3S. The van der Waals surface area contributed by atoms with Crippen molar-refractivity contribution in [1.82, 2.24) is 9.71 Å². The highest BCUT2D eigenvalue weighted by Gasteiger charge is 2.21. The summed E-state index contributed by atoms with van der Waals surface area (Å²) in [6.45, 7) is 0.424. The molecule has 8 heteroatoms. The van der Waals surface area contributed by atoms with Crippen LogP contribution in [0.25, 0.3) is 0 Å². The number of hydrogen-bond acceptors (Lipinski definition) is 5. The molecule has 0 spiro atoms. The smallest absolute Gasteiger partial charge is 0.244 e. The number of nitrogens with one attached hydrogen (secondary N) is 1. The standard InChI is InChI=1S/C12H14BrN3O3S/c13-12-11(6-10(7-14)19-12)20(17,18)16-5-3-9-2-1-4-15-8-9/h1-2,4,6,8,16H,3,5,7,14H2. The van der Waals surface area contributed by atoms with Crippen molar-refractivity contribution in [3.05, 3.63) is 46.6 Å². The molecule has 0 saturated heterocycles. The molecule has 0 aliphatic rings. The fourth-order valence-corrected chi connectivity index (χ4v) is 3.66. The summed E-state index contributed by atoms with van der Waals surface area (Å²) in [5.41, 5.74) is 6.38. The van der Waals surface area contributed by atoms with Crippen LogP contribution in [0.3, 0.4) is 0 Å². The van der Waals surface area contributed by atoms with Gasteiger partial charge in [0.15, 0.2) is 4.67 Å². The normalized spacial score (nSPS) is 11.7. The van der Waals surface area contributed by atoms with Gasteiger partial charge in [-0.05, 0) is 34.0 Å². The lowest BCUT2D eigenvalue weighted by atomic mass is 10.2. The Hall–Kier alpha value is -1.22. The van der Waals surface area contributed by atoms with Crippen LogP contribution in [-0.2, 0) is 23.0 Å². The zero-order valence-corrected chi connectivity index (χ0v) is 12.9. The van der Waals surface area contributed by atoms with Crippen molar-refractivity contribution >= 4 is 26.0 Å². The summed E-state index contributed by atoms with van der Waals surface area (Å²) < 4.78 is 32.1. The van der Waals surface area contributed by atoms with Gasteiger partial charge >= 0.3 is 0 Å². The summed E-state index contributed by atoms with van der Waals surface area (Å²) in [5, 5.41) is 0. The van der Waals surface area contributed by atoms with E-state index in [1.54, 1.807) is 12.4 Å². The van der Waals surface area contributed by atoms with Crippen molar-refractivity contribution in [2.45, 2.75) is 17.9 Å². The Kier molecular flexibility index (Phi) is 4.92. The molecule has 0 aromatic carbocycles. The van der Waals surface area contributed by atoms with Gasteiger partial charge in [-0.1, -0.05) is 6.07 Å². The Morgan fingerprint density at radius 1 is 1.45 bits per heavy atom. The number of pyridine rings is 1. The Balaban J connectivity index is 2.02. The van der Waals surface area contributed by atoms with Gasteiger partial charge in [-0.2, -0.15) is 0 Å². The molecule has 6 nitrogen and oxygen atoms in total. The van der Waals surface area contributed by atoms with Gasteiger partial charge in [0.1, 0.15) is 10.7 Å². The van der Waals surface area contributed by atoms with Gasteiger partial charge in [0.2, 0.25) is 10.0 Å². The summed E-state index contributed by atoms with van der Waals surface area (Å²) in [6.07, 6.45) is 3.94. The third-order valence-electron chi connectivity index (χ3n) is 2.63. The molecule has 2 heterocycles. The van der Waals surface area contributed by atoms with E-state index in [2.05, 4.69) is 25.6 Å². The first-order chi connectivity index (χ1) is 9.53. The fourth-order valence-electron chi connectivity index (χ4n) is 1.64. The topological polar surface area (TPSA) is 98.2 Å². The molecule has 0 fully saturated rings. The lowest BCUT2D eigenvalue weighted by molar-refractivity contribution is 0.483. The van der Waals surface area contributed by atoms with Crippen LogP contribution in [0.5, 0.6) is 0 Å². The van der Waals surface area contributed by atoms with E-state index in [-0.39, 0.29) is 22.7 Å². The van der Waals surface area contributed by atoms with E-state index >= 15 is 0 Å². The average Bonchev–Trinajstić information content (AvgIpc) is 2.82. The number of rotatable bonds is 6. The highest BCUT2D eigenvalue weighted by Crippen LogP contribution is 2.25. The highest BCUT2D eigenvalue weighted by atomic mass is 79.9. The Bertz CT molecular complexity index is 671. The maximum atomic E-state index is 12.1. The van der Waals surface area contributed by atoms with E-state index in [1.165, 1.54) is 6.07 Å². The lowest BCUT2D eigenvalue weighted by Crippen LogP contribution is -2.26. The van der Waals surface area contributed by atoms with E-state index in [4.69, 9.17) is 10.2 Å². The average molecular weight is 360 g/mol. The second-order valence-corrected chi connectivity index (χ2v) is 6.52. The highest BCUT2D eigenvalue weighted by molar-refractivity contribution is 9.10. The molecule has 2 aromatic rings. The van der Waals surface area contributed by atoms with Crippen molar-refractivity contribution in [2.24, 2.45) is 5.73 Å². The second-order valence-electron chi connectivity index (χ2n) is 4.06. The minimum atomic E-state index is -3.62. The van der Waals surface area contributed by atoms with E-state index in [0.29, 0.717) is 12.2 Å². The monoisotopic (exact) mass is 359 g/mol. The van der Waals surface area contributed by atoms with E-state index < -0.39 is 10.0 Å². The molecule has 20 heavy (non-hydrogen) atoms. The van der Waals surface area contributed by atoms with E-state index in [1.807, 2.05) is 12.1 Å². The number of aromatic nitrogens is 1. The largest absolute Gasteiger partial charge is 0.452 e. The summed E-state index contributed by atoms with van der Waals surface area (Å²) in [6, 6.07) is 5.11. The molecule has 0 aliphatic carbocycles. The van der Waals surface area contributed by atoms with Crippen LogP contribution in [0, 0.1) is 0 Å². The van der Waals surface area contributed by atoms with Gasteiger partial charge in [-0.25, -0.2) is 13.1 Å². The molecule has 2 rings (SSSR count). The minimum Gasteiger partial charge on any atom is -0.452 e. The molecule has 108 valence electrons. The van der Waals surface area contributed by atoms with Crippen LogP contribution in [0.1, 0.15) is 11.3 Å². The first-order valence-corrected chi connectivity index (χ1v) is 8.17. The van der Waals surface area contributed by atoms with Crippen LogP contribution in [0.15, 0.2) is 44.6 Å². The van der Waals surface area contributed by atoms with Gasteiger partial charge in [-0.15, -0.1) is 0 Å². The van der Waals surface area contributed by atoms with Gasteiger partial charge < -0.3 is 10.2 Å². The Labute approximate surface area is 125 Å². The van der Waals surface area contributed by atoms with Crippen LogP contribution in [0.2, 0.25) is 0 Å². The third kappa shape index (κ3) is 3.66. The van der Waals surface area contributed by atoms with Gasteiger partial charge in [0, 0.05) is 25.0 Å². The van der Waals surface area contributed by atoms with Crippen molar-refractivity contribution in [2.75, 3.05) is 6.54 Å². The van der Waals surface area contributed by atoms with Crippen molar-refractivity contribution in [3.63, 3.8) is 0 Å². The quantitative estimate of drug-likeness (QED) is 0.812. The first-order valence-electron chi connectivity index (χ1n) is 5.90. The molecule has 3 N–H and O–H groups in total. The third-order valence-corrected chi connectivity index (χ3v) is 4.94. The SMILES string of the molecule is NCc1cc(S(=O)(=O)NCCc2cccnc2)c(Br)o1. The fraction of sp³-hybridized carbons (Fsp3) is 0.250. The molecular weight excluding hydrogens is 346 g/mol. The lowest BCUT2D eigenvalue weighted by Gasteiger charge is -2.05. The molecule has 2 aromatic heterocycles. The second kappa shape index (κ2) is 6.49. The minimum absolute atomic E-state index is 0.0594. The maximum absolute atomic E-state index is 12.1. The Morgan fingerprint density at radius 2 is 2.25 bits per heavy atom. The molecule has 0 amide bonds. The zero-order valence-electron chi connectivity index (χ0n) is 10.5. The van der Waals surface area contributed by atoms with Gasteiger partial charge in [-0.3, -0.25) is 4.98 Å². The van der Waals surface area contributed by atoms with Crippen LogP contribution in [0.4, 0.5) is 0 Å². The first kappa shape index (κ1) is 15.2. The molecule has 0 saturated carbocycles. The maximum Gasteiger partial charge on any atom is 0.244 e. The van der Waals surface area contributed by atoms with Gasteiger partial charge in [0.25, 0.3) is 0 Å². The summed E-state index contributed by atoms with van der Waals surface area (Å²) in [7, 11) is -3.62. The number of hydrogen-bond donors (Lipinski definition) is 2. The van der Waals surface area contributed by atoms with Gasteiger partial charge in [0.05, 0.1) is 6.54 Å². The molecule has 0 bridgehead atoms. The number of nitrogens with two attached hydrogens (primary N) is 1. The van der Waals surface area contributed by atoms with E-state index in [0.717, 1.165) is 5.56 Å². The molecule has 0 atom stereocenters. The Morgan fingerprint density at radius 3 is 2.85 bits per heavy atom. The number of nitrogens with zero attached hydrogens (tertiary/aromatic N) is 1. The molecule has 0 unspecified atom stereocenters. The van der Waals surface area contributed by atoms with Crippen LogP contribution < -0.4 is 10.5 Å². The summed E-state index contributed by atoms with van der Waals surface area (Å²) in [5.74, 6) is 0.407. The molecule has 0 radical (unpaired) electrons.